The van der Waals surface area contributed by atoms with Gasteiger partial charge in [-0.3, -0.25) is 0 Å². The van der Waals surface area contributed by atoms with Crippen LogP contribution < -0.4 is 0 Å². The van der Waals surface area contributed by atoms with Crippen LogP contribution in [-0.2, 0) is 6.42 Å². The van der Waals surface area contributed by atoms with Crippen molar-refractivity contribution in [2.75, 3.05) is 0 Å². The first-order chi connectivity index (χ1) is 8.28. The number of fused-ring (bicyclic) bond motifs is 1. The van der Waals surface area contributed by atoms with Gasteiger partial charge in [-0.05, 0) is 51.5 Å². The molecule has 1 aromatic carbocycles. The quantitative estimate of drug-likeness (QED) is 0.882. The normalized spacial score (nSPS) is 12.6. The molecule has 1 heterocycles. The van der Waals surface area contributed by atoms with Gasteiger partial charge in [-0.2, -0.15) is 0 Å². The Kier molecular flexibility index (Phi) is 3.20. The lowest BCUT2D eigenvalue weighted by atomic mass is 9.98. The van der Waals surface area contributed by atoms with E-state index in [0.717, 1.165) is 16.5 Å². The van der Waals surface area contributed by atoms with E-state index in [-0.39, 0.29) is 5.82 Å². The maximum atomic E-state index is 13.4. The molecule has 0 fully saturated rings. The number of benzene rings is 1. The molecule has 0 aliphatic heterocycles. The summed E-state index contributed by atoms with van der Waals surface area (Å²) < 4.78 is 15.5. The standard InChI is InChI=1S/C15H20FNO/c1-10(2)17-9-11(8-15(3,4)18)13-7-12(16)5-6-14(13)17/h5-7,9-10,18H,8H2,1-4H3. The minimum atomic E-state index is -0.789. The number of hydrogen-bond donors (Lipinski definition) is 1. The van der Waals surface area contributed by atoms with E-state index in [0.29, 0.717) is 12.5 Å². The Morgan fingerprint density at radius 2 is 2.00 bits per heavy atom. The lowest BCUT2D eigenvalue weighted by molar-refractivity contribution is 0.0813. The van der Waals surface area contributed by atoms with Crippen LogP contribution in [0.3, 0.4) is 0 Å². The van der Waals surface area contributed by atoms with Crippen LogP contribution in [0.5, 0.6) is 0 Å². The molecule has 0 spiro atoms. The van der Waals surface area contributed by atoms with Gasteiger partial charge in [-0.15, -0.1) is 0 Å². The van der Waals surface area contributed by atoms with Crippen molar-refractivity contribution in [3.8, 4) is 0 Å². The third-order valence-electron chi connectivity index (χ3n) is 3.06. The Labute approximate surface area is 107 Å². The van der Waals surface area contributed by atoms with Gasteiger partial charge in [0.15, 0.2) is 0 Å². The fraction of sp³-hybridized carbons (Fsp3) is 0.467. The zero-order valence-electron chi connectivity index (χ0n) is 11.4. The molecule has 0 saturated heterocycles. The lowest BCUT2D eigenvalue weighted by Gasteiger charge is -2.16. The number of hydrogen-bond acceptors (Lipinski definition) is 1. The predicted molar refractivity (Wildman–Crippen MR) is 72.3 cm³/mol. The Bertz CT molecular complexity index is 564. The maximum Gasteiger partial charge on any atom is 0.123 e. The van der Waals surface area contributed by atoms with Gasteiger partial charge in [0.25, 0.3) is 0 Å². The van der Waals surface area contributed by atoms with Gasteiger partial charge < -0.3 is 9.67 Å². The molecule has 0 unspecified atom stereocenters. The summed E-state index contributed by atoms with van der Waals surface area (Å²) in [5, 5.41) is 10.8. The van der Waals surface area contributed by atoms with Crippen LogP contribution in [0.4, 0.5) is 4.39 Å². The van der Waals surface area contributed by atoms with Crippen LogP contribution in [0.1, 0.15) is 39.3 Å². The Balaban J connectivity index is 2.62. The summed E-state index contributed by atoms with van der Waals surface area (Å²) in [7, 11) is 0. The van der Waals surface area contributed by atoms with Crippen molar-refractivity contribution < 1.29 is 9.50 Å². The summed E-state index contributed by atoms with van der Waals surface area (Å²) in [5.74, 6) is -0.235. The van der Waals surface area contributed by atoms with Gasteiger partial charge in [0, 0.05) is 29.6 Å². The Hall–Kier alpha value is -1.35. The summed E-state index contributed by atoms with van der Waals surface area (Å²) in [4.78, 5) is 0. The highest BCUT2D eigenvalue weighted by atomic mass is 19.1. The molecule has 18 heavy (non-hydrogen) atoms. The van der Waals surface area contributed by atoms with E-state index in [9.17, 15) is 9.50 Å². The summed E-state index contributed by atoms with van der Waals surface area (Å²) in [6.45, 7) is 7.73. The number of aliphatic hydroxyl groups is 1. The zero-order chi connectivity index (χ0) is 13.5. The molecule has 0 radical (unpaired) electrons. The molecule has 0 atom stereocenters. The fourth-order valence-corrected chi connectivity index (χ4v) is 2.33. The first kappa shape index (κ1) is 13.1. The number of aromatic nitrogens is 1. The van der Waals surface area contributed by atoms with Crippen molar-refractivity contribution in [3.63, 3.8) is 0 Å². The Morgan fingerprint density at radius 3 is 2.56 bits per heavy atom. The highest BCUT2D eigenvalue weighted by molar-refractivity contribution is 5.84. The molecular formula is C15H20FNO. The molecule has 0 saturated carbocycles. The predicted octanol–water partition coefficient (Wildman–Crippen LogP) is 3.67. The first-order valence-electron chi connectivity index (χ1n) is 6.29. The minimum Gasteiger partial charge on any atom is -0.390 e. The fourth-order valence-electron chi connectivity index (χ4n) is 2.33. The highest BCUT2D eigenvalue weighted by Gasteiger charge is 2.18. The summed E-state index contributed by atoms with van der Waals surface area (Å²) in [6, 6.07) is 5.15. The van der Waals surface area contributed by atoms with Gasteiger partial charge >= 0.3 is 0 Å². The zero-order valence-corrected chi connectivity index (χ0v) is 11.4. The Morgan fingerprint density at radius 1 is 1.33 bits per heavy atom. The molecule has 0 amide bonds. The maximum absolute atomic E-state index is 13.4. The van der Waals surface area contributed by atoms with E-state index >= 15 is 0 Å². The minimum absolute atomic E-state index is 0.235. The molecule has 0 bridgehead atoms. The van der Waals surface area contributed by atoms with Crippen LogP contribution in [-0.4, -0.2) is 15.3 Å². The van der Waals surface area contributed by atoms with Gasteiger partial charge in [-0.25, -0.2) is 4.39 Å². The number of rotatable bonds is 3. The molecule has 1 N–H and O–H groups in total. The van der Waals surface area contributed by atoms with Gasteiger partial charge in [0.1, 0.15) is 5.82 Å². The van der Waals surface area contributed by atoms with Crippen LogP contribution in [0.15, 0.2) is 24.4 Å². The average molecular weight is 249 g/mol. The molecule has 0 aliphatic rings. The average Bonchev–Trinajstić information content (AvgIpc) is 2.54. The smallest absolute Gasteiger partial charge is 0.123 e. The van der Waals surface area contributed by atoms with Crippen molar-refractivity contribution in [1.82, 2.24) is 4.57 Å². The van der Waals surface area contributed by atoms with Gasteiger partial charge in [-0.1, -0.05) is 0 Å². The molecule has 0 aliphatic carbocycles. The first-order valence-corrected chi connectivity index (χ1v) is 6.29. The van der Waals surface area contributed by atoms with Gasteiger partial charge in [0.05, 0.1) is 5.60 Å². The van der Waals surface area contributed by atoms with Crippen LogP contribution >= 0.6 is 0 Å². The van der Waals surface area contributed by atoms with Crippen molar-refractivity contribution in [2.24, 2.45) is 0 Å². The summed E-state index contributed by atoms with van der Waals surface area (Å²) in [6.07, 6.45) is 2.54. The number of halogens is 1. The summed E-state index contributed by atoms with van der Waals surface area (Å²) in [5.41, 5.74) is 1.22. The highest BCUT2D eigenvalue weighted by Crippen LogP contribution is 2.28. The molecule has 2 rings (SSSR count). The lowest BCUT2D eigenvalue weighted by Crippen LogP contribution is -2.21. The van der Waals surface area contributed by atoms with Crippen molar-refractivity contribution >= 4 is 10.9 Å². The van der Waals surface area contributed by atoms with Crippen molar-refractivity contribution in [2.45, 2.75) is 45.8 Å². The van der Waals surface area contributed by atoms with E-state index in [1.807, 2.05) is 6.20 Å². The van der Waals surface area contributed by atoms with E-state index < -0.39 is 5.60 Å². The second-order valence-electron chi connectivity index (χ2n) is 5.81. The van der Waals surface area contributed by atoms with Crippen molar-refractivity contribution in [3.05, 3.63) is 35.8 Å². The van der Waals surface area contributed by atoms with Crippen LogP contribution in [0.2, 0.25) is 0 Å². The molecule has 98 valence electrons. The van der Waals surface area contributed by atoms with Crippen LogP contribution in [0.25, 0.3) is 10.9 Å². The second kappa shape index (κ2) is 4.39. The van der Waals surface area contributed by atoms with Gasteiger partial charge in [0.2, 0.25) is 0 Å². The monoisotopic (exact) mass is 249 g/mol. The van der Waals surface area contributed by atoms with E-state index in [1.165, 1.54) is 6.07 Å². The number of nitrogens with zero attached hydrogens (tertiary/aromatic N) is 1. The largest absolute Gasteiger partial charge is 0.390 e. The topological polar surface area (TPSA) is 25.2 Å². The molecule has 3 heteroatoms. The SMILES string of the molecule is CC(C)n1cc(CC(C)(C)O)c2cc(F)ccc21. The van der Waals surface area contributed by atoms with Crippen molar-refractivity contribution in [1.29, 1.82) is 0 Å². The molecular weight excluding hydrogens is 229 g/mol. The third-order valence-corrected chi connectivity index (χ3v) is 3.06. The summed E-state index contributed by atoms with van der Waals surface area (Å²) >= 11 is 0. The van der Waals surface area contributed by atoms with E-state index in [2.05, 4.69) is 18.4 Å². The van der Waals surface area contributed by atoms with Crippen LogP contribution in [0, 0.1) is 5.82 Å². The van der Waals surface area contributed by atoms with E-state index in [4.69, 9.17) is 0 Å². The molecule has 2 nitrogen and oxygen atoms in total. The molecule has 1 aromatic heterocycles. The van der Waals surface area contributed by atoms with E-state index in [1.54, 1.807) is 26.0 Å². The second-order valence-corrected chi connectivity index (χ2v) is 5.81. The molecule has 2 aromatic rings. The third kappa shape index (κ3) is 2.56.